The lowest BCUT2D eigenvalue weighted by molar-refractivity contribution is 0.0896. The number of amides is 1. The normalized spacial score (nSPS) is 17.5. The Morgan fingerprint density at radius 3 is 2.96 bits per heavy atom. The number of hydrogen-bond donors (Lipinski definition) is 0. The molecule has 1 amide bonds. The van der Waals surface area contributed by atoms with Gasteiger partial charge in [0.1, 0.15) is 5.82 Å². The molecular formula is C19H26N4O2. The molecule has 0 bridgehead atoms. The zero-order valence-electron chi connectivity index (χ0n) is 14.8. The predicted molar refractivity (Wildman–Crippen MR) is 95.4 cm³/mol. The molecule has 1 saturated heterocycles. The van der Waals surface area contributed by atoms with Gasteiger partial charge in [0.25, 0.3) is 0 Å². The number of imidazole rings is 1. The second kappa shape index (κ2) is 8.65. The van der Waals surface area contributed by atoms with E-state index in [-0.39, 0.29) is 12.0 Å². The van der Waals surface area contributed by atoms with Gasteiger partial charge >= 0.3 is 6.09 Å². The van der Waals surface area contributed by atoms with E-state index in [0.29, 0.717) is 13.2 Å². The van der Waals surface area contributed by atoms with Gasteiger partial charge in [-0.25, -0.2) is 9.78 Å². The quantitative estimate of drug-likeness (QED) is 0.755. The zero-order chi connectivity index (χ0) is 17.5. The second-order valence-corrected chi connectivity index (χ2v) is 6.52. The van der Waals surface area contributed by atoms with Crippen LogP contribution in [0.3, 0.4) is 0 Å². The predicted octanol–water partition coefficient (Wildman–Crippen LogP) is 3.44. The van der Waals surface area contributed by atoms with Crippen LogP contribution in [0.4, 0.5) is 4.79 Å². The highest BCUT2D eigenvalue weighted by molar-refractivity contribution is 5.67. The maximum Gasteiger partial charge on any atom is 0.409 e. The fourth-order valence-corrected chi connectivity index (χ4v) is 3.25. The first-order valence-corrected chi connectivity index (χ1v) is 9.09. The van der Waals surface area contributed by atoms with Crippen LogP contribution < -0.4 is 0 Å². The van der Waals surface area contributed by atoms with Crippen LogP contribution in [0.1, 0.15) is 49.9 Å². The minimum Gasteiger partial charge on any atom is -0.449 e. The van der Waals surface area contributed by atoms with Crippen molar-refractivity contribution < 1.29 is 9.53 Å². The van der Waals surface area contributed by atoms with E-state index in [4.69, 9.17) is 4.74 Å². The number of hydrogen-bond acceptors (Lipinski definition) is 4. The van der Waals surface area contributed by atoms with Crippen molar-refractivity contribution in [1.82, 2.24) is 19.4 Å². The van der Waals surface area contributed by atoms with Crippen LogP contribution in [-0.2, 0) is 11.3 Å². The summed E-state index contributed by atoms with van der Waals surface area (Å²) in [5, 5.41) is 0. The zero-order valence-corrected chi connectivity index (χ0v) is 14.8. The summed E-state index contributed by atoms with van der Waals surface area (Å²) in [6, 6.07) is 4.03. The number of carbonyl (C=O) groups is 1. The number of nitrogens with zero attached hydrogens (tertiary/aromatic N) is 4. The van der Waals surface area contributed by atoms with E-state index in [1.165, 1.54) is 5.56 Å². The first-order valence-electron chi connectivity index (χ1n) is 9.09. The maximum absolute atomic E-state index is 12.2. The Morgan fingerprint density at radius 1 is 1.32 bits per heavy atom. The van der Waals surface area contributed by atoms with Crippen LogP contribution in [0.5, 0.6) is 0 Å². The number of likely N-dealkylation sites (tertiary alicyclic amines) is 1. The smallest absolute Gasteiger partial charge is 0.409 e. The van der Waals surface area contributed by atoms with Crippen molar-refractivity contribution in [2.45, 2.75) is 45.1 Å². The molecule has 1 aliphatic heterocycles. The average Bonchev–Trinajstić information content (AvgIpc) is 3.11. The van der Waals surface area contributed by atoms with E-state index in [2.05, 4.69) is 21.5 Å². The fourth-order valence-electron chi connectivity index (χ4n) is 3.25. The molecule has 134 valence electrons. The highest BCUT2D eigenvalue weighted by Gasteiger charge is 2.28. The van der Waals surface area contributed by atoms with E-state index in [9.17, 15) is 4.79 Å². The van der Waals surface area contributed by atoms with Crippen molar-refractivity contribution in [2.75, 3.05) is 19.7 Å². The van der Waals surface area contributed by atoms with Crippen LogP contribution in [0.25, 0.3) is 0 Å². The second-order valence-electron chi connectivity index (χ2n) is 6.52. The van der Waals surface area contributed by atoms with Gasteiger partial charge in [0.2, 0.25) is 0 Å². The van der Waals surface area contributed by atoms with Gasteiger partial charge in [-0.2, -0.15) is 0 Å². The molecule has 6 heteroatoms. The Morgan fingerprint density at radius 2 is 2.16 bits per heavy atom. The van der Waals surface area contributed by atoms with Crippen molar-refractivity contribution in [2.24, 2.45) is 0 Å². The fraction of sp³-hybridized carbons (Fsp3) is 0.526. The van der Waals surface area contributed by atoms with Crippen molar-refractivity contribution >= 4 is 6.09 Å². The van der Waals surface area contributed by atoms with Crippen molar-refractivity contribution in [3.05, 3.63) is 48.3 Å². The highest BCUT2D eigenvalue weighted by atomic mass is 16.6. The summed E-state index contributed by atoms with van der Waals surface area (Å²) in [6.45, 7) is 4.82. The number of piperidine rings is 1. The van der Waals surface area contributed by atoms with E-state index < -0.39 is 0 Å². The largest absolute Gasteiger partial charge is 0.449 e. The number of unbranched alkanes of at least 4 members (excludes halogenated alkanes) is 1. The Hall–Kier alpha value is -2.37. The molecule has 0 aliphatic carbocycles. The monoisotopic (exact) mass is 342 g/mol. The Balaban J connectivity index is 1.64. The van der Waals surface area contributed by atoms with Crippen LogP contribution in [-0.4, -0.2) is 45.2 Å². The topological polar surface area (TPSA) is 60.2 Å². The van der Waals surface area contributed by atoms with Gasteiger partial charge in [0, 0.05) is 50.3 Å². The molecule has 1 aliphatic rings. The Kier molecular flexibility index (Phi) is 6.04. The maximum atomic E-state index is 12.2. The van der Waals surface area contributed by atoms with E-state index >= 15 is 0 Å². The molecule has 3 heterocycles. The first kappa shape index (κ1) is 17.5. The summed E-state index contributed by atoms with van der Waals surface area (Å²) in [6.07, 6.45) is 11.2. The Labute approximate surface area is 148 Å². The summed E-state index contributed by atoms with van der Waals surface area (Å²) in [5.74, 6) is 1.30. The molecule has 0 unspecified atom stereocenters. The molecule has 0 saturated carbocycles. The van der Waals surface area contributed by atoms with Gasteiger partial charge in [-0.3, -0.25) is 4.98 Å². The minimum absolute atomic E-state index is 0.189. The van der Waals surface area contributed by atoms with Gasteiger partial charge in [-0.05, 0) is 37.0 Å². The number of rotatable bonds is 6. The summed E-state index contributed by atoms with van der Waals surface area (Å²) in [5.41, 5.74) is 1.20. The lowest BCUT2D eigenvalue weighted by Gasteiger charge is -2.32. The van der Waals surface area contributed by atoms with Gasteiger partial charge in [0.15, 0.2) is 0 Å². The van der Waals surface area contributed by atoms with Gasteiger partial charge in [-0.15, -0.1) is 0 Å². The van der Waals surface area contributed by atoms with Crippen molar-refractivity contribution in [3.8, 4) is 0 Å². The standard InChI is InChI=1S/C19H26N4O2/c1-2-3-13-25-19(24)23-11-4-5-17(15-23)18-21-10-12-22(18)14-16-6-8-20-9-7-16/h6-10,12,17H,2-5,11,13-15H2,1H3/t17-/m1/s1. The third-order valence-electron chi connectivity index (χ3n) is 4.62. The molecule has 3 rings (SSSR count). The molecule has 25 heavy (non-hydrogen) atoms. The molecule has 2 aromatic rings. The van der Waals surface area contributed by atoms with Crippen molar-refractivity contribution in [1.29, 1.82) is 0 Å². The van der Waals surface area contributed by atoms with Crippen LogP contribution in [0, 0.1) is 0 Å². The van der Waals surface area contributed by atoms with E-state index in [1.54, 1.807) is 12.4 Å². The molecule has 1 atom stereocenters. The SMILES string of the molecule is CCCCOC(=O)N1CCC[C@@H](c2nccn2Cc2ccncc2)C1. The number of aromatic nitrogens is 3. The molecule has 6 nitrogen and oxygen atoms in total. The van der Waals surface area contributed by atoms with Crippen molar-refractivity contribution in [3.63, 3.8) is 0 Å². The summed E-state index contributed by atoms with van der Waals surface area (Å²) < 4.78 is 7.54. The van der Waals surface area contributed by atoms with E-state index in [0.717, 1.165) is 44.6 Å². The lowest BCUT2D eigenvalue weighted by Crippen LogP contribution is -2.40. The highest BCUT2D eigenvalue weighted by Crippen LogP contribution is 2.26. The molecular weight excluding hydrogens is 316 g/mol. The average molecular weight is 342 g/mol. The molecule has 0 aromatic carbocycles. The summed E-state index contributed by atoms with van der Waals surface area (Å²) >= 11 is 0. The molecule has 0 N–H and O–H groups in total. The molecule has 0 spiro atoms. The first-order chi connectivity index (χ1) is 12.3. The molecule has 2 aromatic heterocycles. The van der Waals surface area contributed by atoms with E-state index in [1.807, 2.05) is 29.4 Å². The van der Waals surface area contributed by atoms with Gasteiger partial charge in [0.05, 0.1) is 6.61 Å². The third kappa shape index (κ3) is 4.59. The number of ether oxygens (including phenoxy) is 1. The van der Waals surface area contributed by atoms with Crippen LogP contribution in [0.2, 0.25) is 0 Å². The lowest BCUT2D eigenvalue weighted by atomic mass is 9.97. The van der Waals surface area contributed by atoms with Crippen LogP contribution >= 0.6 is 0 Å². The molecule has 0 radical (unpaired) electrons. The number of carbonyl (C=O) groups excluding carboxylic acids is 1. The molecule has 1 fully saturated rings. The summed E-state index contributed by atoms with van der Waals surface area (Å²) in [4.78, 5) is 22.7. The summed E-state index contributed by atoms with van der Waals surface area (Å²) in [7, 11) is 0. The van der Waals surface area contributed by atoms with Gasteiger partial charge < -0.3 is 14.2 Å². The van der Waals surface area contributed by atoms with Gasteiger partial charge in [-0.1, -0.05) is 13.3 Å². The minimum atomic E-state index is -0.189. The Bertz CT molecular complexity index is 671. The van der Waals surface area contributed by atoms with Crippen LogP contribution in [0.15, 0.2) is 36.9 Å². The third-order valence-corrected chi connectivity index (χ3v) is 4.62. The number of pyridine rings is 1.